The van der Waals surface area contributed by atoms with Crippen molar-refractivity contribution < 1.29 is 14.7 Å². The Morgan fingerprint density at radius 3 is 2.50 bits per heavy atom. The van der Waals surface area contributed by atoms with Crippen LogP contribution in [0.3, 0.4) is 0 Å². The largest absolute Gasteiger partial charge is 0.481 e. The van der Waals surface area contributed by atoms with Gasteiger partial charge in [-0.25, -0.2) is 0 Å². The van der Waals surface area contributed by atoms with E-state index in [0.29, 0.717) is 12.8 Å². The average molecular weight is 250 g/mol. The minimum absolute atomic E-state index is 0.0590. The third kappa shape index (κ3) is 5.45. The minimum Gasteiger partial charge on any atom is -0.481 e. The summed E-state index contributed by atoms with van der Waals surface area (Å²) in [4.78, 5) is 21.7. The summed E-state index contributed by atoms with van der Waals surface area (Å²) in [5.74, 6) is -1.08. The summed E-state index contributed by atoms with van der Waals surface area (Å²) < 4.78 is 0. The summed E-state index contributed by atoms with van der Waals surface area (Å²) in [5, 5.41) is 11.0. The number of benzene rings is 1. The van der Waals surface area contributed by atoms with E-state index in [9.17, 15) is 9.59 Å². The zero-order valence-corrected chi connectivity index (χ0v) is 10.1. The van der Waals surface area contributed by atoms with E-state index >= 15 is 0 Å². The number of rotatable bonds is 7. The fourth-order valence-corrected chi connectivity index (χ4v) is 1.55. The van der Waals surface area contributed by atoms with E-state index in [1.807, 2.05) is 30.3 Å². The van der Waals surface area contributed by atoms with Crippen LogP contribution in [0.4, 0.5) is 0 Å². The van der Waals surface area contributed by atoms with Crippen LogP contribution in [0.2, 0.25) is 0 Å². The Labute approximate surface area is 106 Å². The Kier molecular flexibility index (Phi) is 5.87. The van der Waals surface area contributed by atoms with Crippen molar-refractivity contribution in [3.63, 3.8) is 0 Å². The van der Waals surface area contributed by atoms with Gasteiger partial charge in [0.15, 0.2) is 0 Å². The van der Waals surface area contributed by atoms with Crippen LogP contribution in [0.5, 0.6) is 0 Å². The molecule has 0 aromatic heterocycles. The molecule has 0 radical (unpaired) electrons. The van der Waals surface area contributed by atoms with Crippen LogP contribution in [0.1, 0.15) is 30.9 Å². The smallest absolute Gasteiger partial charge is 0.305 e. The van der Waals surface area contributed by atoms with E-state index in [2.05, 4.69) is 5.32 Å². The molecular weight excluding hydrogens is 232 g/mol. The molecule has 1 atom stereocenters. The quantitative estimate of drug-likeness (QED) is 0.674. The van der Waals surface area contributed by atoms with E-state index in [0.717, 1.165) is 5.56 Å². The van der Waals surface area contributed by atoms with E-state index in [4.69, 9.17) is 10.8 Å². The summed E-state index contributed by atoms with van der Waals surface area (Å²) in [5.41, 5.74) is 6.94. The molecule has 1 aromatic rings. The predicted molar refractivity (Wildman–Crippen MR) is 67.9 cm³/mol. The van der Waals surface area contributed by atoms with Crippen molar-refractivity contribution in [1.82, 2.24) is 5.32 Å². The van der Waals surface area contributed by atoms with Gasteiger partial charge in [-0.05, 0) is 12.0 Å². The number of carbonyl (C=O) groups excluding carboxylic acids is 1. The molecule has 1 unspecified atom stereocenters. The molecule has 1 aromatic carbocycles. The molecule has 5 heteroatoms. The highest BCUT2D eigenvalue weighted by Crippen LogP contribution is 2.14. The Morgan fingerprint density at radius 1 is 1.22 bits per heavy atom. The van der Waals surface area contributed by atoms with Gasteiger partial charge >= 0.3 is 5.97 Å². The number of carbonyl (C=O) groups is 2. The van der Waals surface area contributed by atoms with E-state index in [-0.39, 0.29) is 24.9 Å². The first-order valence-corrected chi connectivity index (χ1v) is 5.88. The predicted octanol–water partition coefficient (Wildman–Crippen LogP) is 1.06. The van der Waals surface area contributed by atoms with Gasteiger partial charge in [0, 0.05) is 19.0 Å². The molecular formula is C13H18N2O3. The molecule has 0 saturated carbocycles. The Morgan fingerprint density at radius 2 is 1.89 bits per heavy atom. The molecule has 98 valence electrons. The maximum Gasteiger partial charge on any atom is 0.305 e. The molecule has 0 heterocycles. The highest BCUT2D eigenvalue weighted by molar-refractivity contribution is 5.76. The van der Waals surface area contributed by atoms with Gasteiger partial charge in [-0.3, -0.25) is 9.59 Å². The highest BCUT2D eigenvalue weighted by Gasteiger charge is 2.08. The van der Waals surface area contributed by atoms with Crippen LogP contribution >= 0.6 is 0 Å². The van der Waals surface area contributed by atoms with Gasteiger partial charge < -0.3 is 16.2 Å². The number of amides is 1. The second kappa shape index (κ2) is 7.45. The molecule has 1 rings (SSSR count). The zero-order valence-electron chi connectivity index (χ0n) is 10.1. The van der Waals surface area contributed by atoms with Crippen molar-refractivity contribution in [2.24, 2.45) is 5.73 Å². The number of aliphatic carboxylic acids is 1. The summed E-state index contributed by atoms with van der Waals surface area (Å²) in [6.45, 7) is 0.161. The van der Waals surface area contributed by atoms with Crippen LogP contribution in [0, 0.1) is 0 Å². The van der Waals surface area contributed by atoms with Gasteiger partial charge in [0.05, 0.1) is 6.42 Å². The SMILES string of the molecule is NC(CCC(=O)NCCC(=O)O)c1ccccc1. The lowest BCUT2D eigenvalue weighted by atomic mass is 10.0. The van der Waals surface area contributed by atoms with Crippen LogP contribution in [-0.4, -0.2) is 23.5 Å². The monoisotopic (exact) mass is 250 g/mol. The first kappa shape index (κ1) is 14.2. The van der Waals surface area contributed by atoms with Crippen molar-refractivity contribution in [3.8, 4) is 0 Å². The number of hydrogen-bond acceptors (Lipinski definition) is 3. The molecule has 0 fully saturated rings. The first-order chi connectivity index (χ1) is 8.59. The Balaban J connectivity index is 2.24. The van der Waals surface area contributed by atoms with Crippen LogP contribution in [0.15, 0.2) is 30.3 Å². The van der Waals surface area contributed by atoms with Crippen molar-refractivity contribution in [1.29, 1.82) is 0 Å². The molecule has 5 nitrogen and oxygen atoms in total. The number of carboxylic acids is 1. The van der Waals surface area contributed by atoms with E-state index in [1.165, 1.54) is 0 Å². The third-order valence-electron chi connectivity index (χ3n) is 2.57. The Hall–Kier alpha value is -1.88. The number of nitrogens with one attached hydrogen (secondary N) is 1. The number of nitrogens with two attached hydrogens (primary N) is 1. The number of carboxylic acid groups (broad SMARTS) is 1. The van der Waals surface area contributed by atoms with Gasteiger partial charge in [-0.2, -0.15) is 0 Å². The van der Waals surface area contributed by atoms with Crippen LogP contribution < -0.4 is 11.1 Å². The second-order valence-electron chi connectivity index (χ2n) is 4.05. The van der Waals surface area contributed by atoms with E-state index in [1.54, 1.807) is 0 Å². The molecule has 1 amide bonds. The van der Waals surface area contributed by atoms with Crippen molar-refractivity contribution in [2.75, 3.05) is 6.54 Å². The van der Waals surface area contributed by atoms with Gasteiger partial charge in [-0.1, -0.05) is 30.3 Å². The maximum absolute atomic E-state index is 11.4. The molecule has 18 heavy (non-hydrogen) atoms. The maximum atomic E-state index is 11.4. The molecule has 0 bridgehead atoms. The normalized spacial score (nSPS) is 11.8. The van der Waals surface area contributed by atoms with Gasteiger partial charge in [0.2, 0.25) is 5.91 Å². The lowest BCUT2D eigenvalue weighted by Gasteiger charge is -2.11. The van der Waals surface area contributed by atoms with Crippen molar-refractivity contribution >= 4 is 11.9 Å². The molecule has 0 spiro atoms. The molecule has 0 aliphatic heterocycles. The average Bonchev–Trinajstić information content (AvgIpc) is 2.36. The second-order valence-corrected chi connectivity index (χ2v) is 4.05. The van der Waals surface area contributed by atoms with E-state index < -0.39 is 5.97 Å². The first-order valence-electron chi connectivity index (χ1n) is 5.88. The van der Waals surface area contributed by atoms with Gasteiger partial charge in [-0.15, -0.1) is 0 Å². The summed E-state index contributed by atoms with van der Waals surface area (Å²) in [7, 11) is 0. The molecule has 0 saturated heterocycles. The van der Waals surface area contributed by atoms with Crippen molar-refractivity contribution in [3.05, 3.63) is 35.9 Å². The fourth-order valence-electron chi connectivity index (χ4n) is 1.55. The van der Waals surface area contributed by atoms with Gasteiger partial charge in [0.1, 0.15) is 0 Å². The molecule has 0 aliphatic carbocycles. The number of hydrogen-bond donors (Lipinski definition) is 3. The van der Waals surface area contributed by atoms with Crippen LogP contribution in [-0.2, 0) is 9.59 Å². The topological polar surface area (TPSA) is 92.4 Å². The minimum atomic E-state index is -0.920. The summed E-state index contributed by atoms with van der Waals surface area (Å²) in [6, 6.07) is 9.40. The zero-order chi connectivity index (χ0) is 13.4. The summed E-state index contributed by atoms with van der Waals surface area (Å²) >= 11 is 0. The standard InChI is InChI=1S/C13H18N2O3/c14-11(10-4-2-1-3-5-10)6-7-12(16)15-9-8-13(17)18/h1-5,11H,6-9,14H2,(H,15,16)(H,17,18). The fraction of sp³-hybridized carbons (Fsp3) is 0.385. The van der Waals surface area contributed by atoms with Gasteiger partial charge in [0.25, 0.3) is 0 Å². The van der Waals surface area contributed by atoms with Crippen molar-refractivity contribution in [2.45, 2.75) is 25.3 Å². The third-order valence-corrected chi connectivity index (χ3v) is 2.57. The Bertz CT molecular complexity index is 392. The molecule has 0 aliphatic rings. The van der Waals surface area contributed by atoms with Crippen LogP contribution in [0.25, 0.3) is 0 Å². The lowest BCUT2D eigenvalue weighted by Crippen LogP contribution is -2.26. The molecule has 4 N–H and O–H groups in total. The highest BCUT2D eigenvalue weighted by atomic mass is 16.4. The lowest BCUT2D eigenvalue weighted by molar-refractivity contribution is -0.136. The summed E-state index contributed by atoms with van der Waals surface area (Å²) in [6.07, 6.45) is 0.787.